The second-order valence-electron chi connectivity index (χ2n) is 32.0. The van der Waals surface area contributed by atoms with Crippen LogP contribution < -0.4 is 0 Å². The van der Waals surface area contributed by atoms with Gasteiger partial charge in [0.05, 0.1) is 0 Å². The highest BCUT2D eigenvalue weighted by Gasteiger charge is 2.49. The molecular formula is C77H129N5O5. The molecule has 0 aliphatic heterocycles. The van der Waals surface area contributed by atoms with Crippen LogP contribution >= 0.6 is 0 Å². The Balaban J connectivity index is 0.000000191. The minimum Gasteiger partial charge on any atom is -0.336 e. The summed E-state index contributed by atoms with van der Waals surface area (Å²) in [7, 11) is 0. The molecule has 0 aromatic rings. The fourth-order valence-electron chi connectivity index (χ4n) is 21.4. The Bertz CT molecular complexity index is 1790. The van der Waals surface area contributed by atoms with Gasteiger partial charge in [-0.25, -0.2) is 0 Å². The van der Waals surface area contributed by atoms with Gasteiger partial charge in [0.25, 0.3) is 0 Å². The van der Waals surface area contributed by atoms with Gasteiger partial charge in [0, 0.05) is 90.0 Å². The second kappa shape index (κ2) is 33.8. The highest BCUT2D eigenvalue weighted by molar-refractivity contribution is 5.87. The van der Waals surface area contributed by atoms with E-state index in [1.807, 2.05) is 0 Å². The number of hydrogen-bond acceptors (Lipinski definition) is 5. The first kappa shape index (κ1) is 65.8. The molecule has 12 aliphatic rings. The van der Waals surface area contributed by atoms with Crippen LogP contribution in [0.1, 0.15) is 366 Å². The summed E-state index contributed by atoms with van der Waals surface area (Å²) in [6, 6.07) is 4.04. The molecule has 0 saturated heterocycles. The van der Waals surface area contributed by atoms with Crippen LogP contribution in [-0.2, 0) is 24.0 Å². The van der Waals surface area contributed by atoms with Crippen molar-refractivity contribution in [2.45, 2.75) is 426 Å². The quantitative estimate of drug-likeness (QED) is 0.163. The summed E-state index contributed by atoms with van der Waals surface area (Å²) in [5, 5.41) is 0. The van der Waals surface area contributed by atoms with E-state index in [0.717, 1.165) is 103 Å². The Morgan fingerprint density at radius 2 is 0.264 bits per heavy atom. The molecule has 0 aromatic carbocycles. The van der Waals surface area contributed by atoms with Crippen LogP contribution in [0.4, 0.5) is 0 Å². The van der Waals surface area contributed by atoms with Crippen molar-refractivity contribution in [1.29, 1.82) is 0 Å². The van der Waals surface area contributed by atoms with Gasteiger partial charge in [-0.15, -0.1) is 0 Å². The van der Waals surface area contributed by atoms with Crippen LogP contribution in [0.3, 0.4) is 0 Å². The van der Waals surface area contributed by atoms with E-state index in [-0.39, 0.29) is 29.6 Å². The molecule has 0 N–H and O–H groups in total. The van der Waals surface area contributed by atoms with Crippen molar-refractivity contribution in [3.8, 4) is 0 Å². The summed E-state index contributed by atoms with van der Waals surface area (Å²) in [5.74, 6) is 1.63. The fraction of sp³-hybridized carbons (Fsp3) is 0.935. The molecule has 0 bridgehead atoms. The fourth-order valence-corrected chi connectivity index (χ4v) is 21.4. The predicted octanol–water partition coefficient (Wildman–Crippen LogP) is 18.3. The summed E-state index contributed by atoms with van der Waals surface area (Å²) in [6.07, 6.45) is 67.2. The lowest BCUT2D eigenvalue weighted by Crippen LogP contribution is -2.56. The monoisotopic (exact) mass is 1200 g/mol. The van der Waals surface area contributed by atoms with Gasteiger partial charge in [-0.2, -0.15) is 0 Å². The molecule has 0 spiro atoms. The molecule has 0 heterocycles. The third kappa shape index (κ3) is 17.1. The summed E-state index contributed by atoms with van der Waals surface area (Å²) >= 11 is 0. The summed E-state index contributed by atoms with van der Waals surface area (Å²) < 4.78 is 0. The van der Waals surface area contributed by atoms with Crippen molar-refractivity contribution < 1.29 is 24.0 Å². The third-order valence-electron chi connectivity index (χ3n) is 26.1. The van der Waals surface area contributed by atoms with Gasteiger partial charge in [0.15, 0.2) is 0 Å². The van der Waals surface area contributed by atoms with E-state index < -0.39 is 0 Å². The molecule has 87 heavy (non-hydrogen) atoms. The zero-order valence-corrected chi connectivity index (χ0v) is 55.7. The SMILES string of the molecule is O=C(C1CC(C(=O)N(C2CCCCC2)C2CCCCC2)CC(C(=O)N(C2CCCCC2)C2CCCCC2)C1)N(C1CCCCC1)C1CCCCC1.O=C(C1CCC(C(=O)N(C2CCCCC2)C2CCCCC2)CC1)N(C1CCCCC1)C1CCCCC1. The molecule has 10 heteroatoms. The summed E-state index contributed by atoms with van der Waals surface area (Å²) in [5.41, 5.74) is 0. The van der Waals surface area contributed by atoms with Crippen LogP contribution in [0.5, 0.6) is 0 Å². The lowest BCUT2D eigenvalue weighted by Gasteiger charge is -2.48. The number of carbonyl (C=O) groups is 5. The number of hydrogen-bond donors (Lipinski definition) is 0. The summed E-state index contributed by atoms with van der Waals surface area (Å²) in [6.45, 7) is 0. The summed E-state index contributed by atoms with van der Waals surface area (Å²) in [4.78, 5) is 85.9. The van der Waals surface area contributed by atoms with Crippen molar-refractivity contribution in [2.24, 2.45) is 29.6 Å². The van der Waals surface area contributed by atoms with Crippen molar-refractivity contribution in [2.75, 3.05) is 0 Å². The van der Waals surface area contributed by atoms with Crippen molar-refractivity contribution in [3.63, 3.8) is 0 Å². The van der Waals surface area contributed by atoms with E-state index in [0.29, 0.717) is 109 Å². The molecule has 5 amide bonds. The Kier molecular flexibility index (Phi) is 25.6. The number of nitrogens with zero attached hydrogens (tertiary/aromatic N) is 5. The van der Waals surface area contributed by atoms with E-state index in [1.54, 1.807) is 0 Å². The minimum atomic E-state index is -0.204. The first-order valence-corrected chi connectivity index (χ1v) is 39.4. The standard InChI is InChI=1S/C45H75N3O3.C32H54N2O2/c49-43(46(37-19-7-1-8-20-37)38-21-9-2-10-22-38)34-31-35(44(50)47(39-23-11-3-12-24-39)40-25-13-4-14-26-40)33-36(32-34)45(51)48(41-27-15-5-16-28-41)42-29-17-6-18-30-42;35-31(33(27-13-5-1-6-14-27)28-15-7-2-8-16-28)25-21-23-26(24-22-25)32(36)34(29-17-9-3-10-18-29)30-19-11-4-12-20-30/h34-42H,1-33H2;25-30H,1-24H2. The molecule has 12 saturated carbocycles. The average molecular weight is 1200 g/mol. The van der Waals surface area contributed by atoms with Gasteiger partial charge in [0.2, 0.25) is 29.5 Å². The van der Waals surface area contributed by atoms with Gasteiger partial charge < -0.3 is 24.5 Å². The Morgan fingerprint density at radius 3 is 0.391 bits per heavy atom. The van der Waals surface area contributed by atoms with E-state index in [9.17, 15) is 9.59 Å². The molecule has 0 atom stereocenters. The van der Waals surface area contributed by atoms with E-state index in [2.05, 4.69) is 24.5 Å². The normalized spacial score (nSPS) is 30.3. The average Bonchev–Trinajstić information content (AvgIpc) is 2.82. The Labute approximate surface area is 531 Å². The molecule has 0 radical (unpaired) electrons. The van der Waals surface area contributed by atoms with Gasteiger partial charge in [-0.3, -0.25) is 24.0 Å². The zero-order chi connectivity index (χ0) is 59.7. The third-order valence-corrected chi connectivity index (χ3v) is 26.1. The van der Waals surface area contributed by atoms with Crippen LogP contribution in [-0.4, -0.2) is 114 Å². The highest BCUT2D eigenvalue weighted by atomic mass is 16.2. The lowest BCUT2D eigenvalue weighted by atomic mass is 9.72. The molecular weight excluding hydrogens is 1070 g/mol. The zero-order valence-electron chi connectivity index (χ0n) is 55.7. The first-order valence-electron chi connectivity index (χ1n) is 39.4. The van der Waals surface area contributed by atoms with Crippen molar-refractivity contribution >= 4 is 29.5 Å². The van der Waals surface area contributed by atoms with Gasteiger partial charge in [-0.05, 0) is 173 Å². The van der Waals surface area contributed by atoms with E-state index in [4.69, 9.17) is 0 Å². The second-order valence-corrected chi connectivity index (χ2v) is 32.0. The van der Waals surface area contributed by atoms with Gasteiger partial charge in [0.1, 0.15) is 0 Å². The molecule has 492 valence electrons. The van der Waals surface area contributed by atoms with Crippen LogP contribution in [0.2, 0.25) is 0 Å². The number of rotatable bonds is 15. The maximum atomic E-state index is 15.3. The Morgan fingerprint density at radius 1 is 0.149 bits per heavy atom. The lowest BCUT2D eigenvalue weighted by molar-refractivity contribution is -0.154. The van der Waals surface area contributed by atoms with Crippen LogP contribution in [0.25, 0.3) is 0 Å². The molecule has 0 aromatic heterocycles. The number of amides is 5. The van der Waals surface area contributed by atoms with Crippen molar-refractivity contribution in [1.82, 2.24) is 24.5 Å². The maximum absolute atomic E-state index is 15.3. The predicted molar refractivity (Wildman–Crippen MR) is 353 cm³/mol. The molecule has 0 unspecified atom stereocenters. The van der Waals surface area contributed by atoms with Gasteiger partial charge >= 0.3 is 0 Å². The van der Waals surface area contributed by atoms with Crippen molar-refractivity contribution in [3.05, 3.63) is 0 Å². The first-order chi connectivity index (χ1) is 42.8. The van der Waals surface area contributed by atoms with Gasteiger partial charge in [-0.1, -0.05) is 193 Å². The van der Waals surface area contributed by atoms with E-state index in [1.165, 1.54) is 244 Å². The number of carbonyl (C=O) groups excluding carboxylic acids is 5. The topological polar surface area (TPSA) is 102 Å². The smallest absolute Gasteiger partial charge is 0.226 e. The molecule has 12 aliphatic carbocycles. The molecule has 12 fully saturated rings. The Hall–Kier alpha value is -2.65. The van der Waals surface area contributed by atoms with Crippen LogP contribution in [0.15, 0.2) is 0 Å². The maximum Gasteiger partial charge on any atom is 0.226 e. The minimum absolute atomic E-state index is 0.163. The largest absolute Gasteiger partial charge is 0.336 e. The molecule has 10 nitrogen and oxygen atoms in total. The molecule has 12 rings (SSSR count). The van der Waals surface area contributed by atoms with E-state index >= 15 is 14.4 Å². The highest BCUT2D eigenvalue weighted by Crippen LogP contribution is 2.45. The van der Waals surface area contributed by atoms with Crippen LogP contribution in [0, 0.1) is 29.6 Å².